The van der Waals surface area contributed by atoms with Crippen LogP contribution in [0.1, 0.15) is 16.8 Å². The Morgan fingerprint density at radius 1 is 1.31 bits per heavy atom. The molecule has 1 aromatic rings. The number of Topliss-reactive ketones (excluding diaryl/α,β-unsaturated/α-hetero) is 1. The van der Waals surface area contributed by atoms with Crippen molar-refractivity contribution < 1.29 is 14.0 Å². The predicted octanol–water partition coefficient (Wildman–Crippen LogP) is 2.23. The van der Waals surface area contributed by atoms with E-state index in [0.29, 0.717) is 16.3 Å². The fourth-order valence-electron chi connectivity index (χ4n) is 1.74. The Morgan fingerprint density at radius 3 is 2.75 bits per heavy atom. The summed E-state index contributed by atoms with van der Waals surface area (Å²) in [7, 11) is 0. The molecule has 0 unspecified atom stereocenters. The van der Waals surface area contributed by atoms with Crippen molar-refractivity contribution in [3.8, 4) is 0 Å². The van der Waals surface area contributed by atoms with Crippen LogP contribution < -0.4 is 4.90 Å². The molecule has 0 aromatic heterocycles. The molecule has 1 aliphatic rings. The van der Waals surface area contributed by atoms with Crippen molar-refractivity contribution in [1.82, 2.24) is 0 Å². The lowest BCUT2D eigenvalue weighted by atomic mass is 10.1. The van der Waals surface area contributed by atoms with E-state index in [0.717, 1.165) is 0 Å². The average Bonchev–Trinajstić information content (AvgIpc) is 2.52. The molecule has 2 rings (SSSR count). The largest absolute Gasteiger partial charge is 0.303 e. The number of halogens is 2. The summed E-state index contributed by atoms with van der Waals surface area (Å²) < 4.78 is 12.1. The fraction of sp³-hybridized carbons (Fsp3) is 0.273. The normalized spacial score (nSPS) is 14.5. The van der Waals surface area contributed by atoms with E-state index >= 15 is 0 Å². The quantitative estimate of drug-likeness (QED) is 0.761. The van der Waals surface area contributed by atoms with Crippen LogP contribution in [0.15, 0.2) is 18.2 Å². The zero-order valence-electron chi connectivity index (χ0n) is 8.37. The lowest BCUT2D eigenvalue weighted by molar-refractivity contribution is -0.114. The molecule has 5 heteroatoms. The maximum Gasteiger partial charge on any atom is 0.299 e. The highest BCUT2D eigenvalue weighted by Crippen LogP contribution is 2.35. The molecule has 0 atom stereocenters. The zero-order chi connectivity index (χ0) is 11.7. The van der Waals surface area contributed by atoms with Crippen molar-refractivity contribution in [2.75, 3.05) is 18.1 Å². The van der Waals surface area contributed by atoms with E-state index in [1.165, 1.54) is 4.90 Å². The van der Waals surface area contributed by atoms with Gasteiger partial charge in [0.05, 0.1) is 22.9 Å². The van der Waals surface area contributed by atoms with Gasteiger partial charge in [0.2, 0.25) is 0 Å². The average molecular weight is 242 g/mol. The maximum atomic E-state index is 12.1. The number of anilines is 1. The number of nitrogens with zero attached hydrogens (tertiary/aromatic N) is 1. The molecule has 0 saturated heterocycles. The predicted molar refractivity (Wildman–Crippen MR) is 58.7 cm³/mol. The van der Waals surface area contributed by atoms with Crippen LogP contribution in [-0.4, -0.2) is 24.9 Å². The molecule has 0 fully saturated rings. The Balaban J connectivity index is 2.43. The number of rotatable bonds is 3. The monoisotopic (exact) mass is 241 g/mol. The number of amides is 1. The summed E-state index contributed by atoms with van der Waals surface area (Å²) in [6.45, 7) is -0.352. The van der Waals surface area contributed by atoms with Crippen molar-refractivity contribution in [3.63, 3.8) is 0 Å². The fourth-order valence-corrected chi connectivity index (χ4v) is 2.02. The van der Waals surface area contributed by atoms with Gasteiger partial charge in [-0.2, -0.15) is 0 Å². The van der Waals surface area contributed by atoms with Crippen molar-refractivity contribution in [2.24, 2.45) is 0 Å². The number of ketones is 1. The molecule has 84 valence electrons. The molecule has 1 aliphatic heterocycles. The summed E-state index contributed by atoms with van der Waals surface area (Å²) in [6, 6.07) is 4.77. The summed E-state index contributed by atoms with van der Waals surface area (Å²) in [5.74, 6) is -1.20. The standard InChI is InChI=1S/C11H9ClFNO2/c12-8-4-1-3-7-9(8)14(6-2-5-13)11(16)10(7)15/h1,3-4H,2,5-6H2. The molecule has 0 aliphatic carbocycles. The molecule has 0 saturated carbocycles. The molecule has 0 bridgehead atoms. The van der Waals surface area contributed by atoms with Crippen LogP contribution in [0, 0.1) is 0 Å². The lowest BCUT2D eigenvalue weighted by Crippen LogP contribution is -2.31. The van der Waals surface area contributed by atoms with Gasteiger partial charge < -0.3 is 4.90 Å². The highest BCUT2D eigenvalue weighted by molar-refractivity contribution is 6.54. The second kappa shape index (κ2) is 4.22. The van der Waals surface area contributed by atoms with Crippen LogP contribution >= 0.6 is 11.6 Å². The Morgan fingerprint density at radius 2 is 2.06 bits per heavy atom. The van der Waals surface area contributed by atoms with Crippen molar-refractivity contribution in [2.45, 2.75) is 6.42 Å². The van der Waals surface area contributed by atoms with E-state index in [2.05, 4.69) is 0 Å². The summed E-state index contributed by atoms with van der Waals surface area (Å²) >= 11 is 5.93. The third-order valence-corrected chi connectivity index (χ3v) is 2.76. The van der Waals surface area contributed by atoms with Gasteiger partial charge >= 0.3 is 0 Å². The molecule has 16 heavy (non-hydrogen) atoms. The van der Waals surface area contributed by atoms with Crippen LogP contribution in [0.25, 0.3) is 0 Å². The number of alkyl halides is 1. The molecule has 0 N–H and O–H groups in total. The van der Waals surface area contributed by atoms with Crippen molar-refractivity contribution >= 4 is 29.0 Å². The van der Waals surface area contributed by atoms with Gasteiger partial charge in [-0.25, -0.2) is 0 Å². The van der Waals surface area contributed by atoms with Crippen LogP contribution in [-0.2, 0) is 4.79 Å². The first-order chi connectivity index (χ1) is 7.66. The number of carbonyl (C=O) groups excluding carboxylic acids is 2. The zero-order valence-corrected chi connectivity index (χ0v) is 9.13. The molecule has 1 heterocycles. The summed E-state index contributed by atoms with van der Waals surface area (Å²) in [4.78, 5) is 24.4. The molecule has 0 spiro atoms. The van der Waals surface area contributed by atoms with Crippen LogP contribution in [0.2, 0.25) is 5.02 Å². The number of hydrogen-bond acceptors (Lipinski definition) is 2. The summed E-state index contributed by atoms with van der Waals surface area (Å²) in [5, 5.41) is 0.343. The third kappa shape index (κ3) is 1.59. The Kier molecular flexibility index (Phi) is 2.92. The van der Waals surface area contributed by atoms with Gasteiger partial charge in [0.15, 0.2) is 0 Å². The van der Waals surface area contributed by atoms with E-state index in [4.69, 9.17) is 11.6 Å². The Labute approximate surface area is 96.8 Å². The highest BCUT2D eigenvalue weighted by atomic mass is 35.5. The van der Waals surface area contributed by atoms with E-state index in [1.807, 2.05) is 0 Å². The SMILES string of the molecule is O=C1C(=O)N(CCCF)c2c(Cl)cccc21. The van der Waals surface area contributed by atoms with Crippen LogP contribution in [0.5, 0.6) is 0 Å². The van der Waals surface area contributed by atoms with Crippen molar-refractivity contribution in [1.29, 1.82) is 0 Å². The maximum absolute atomic E-state index is 12.1. The van der Waals surface area contributed by atoms with Gasteiger partial charge in [0, 0.05) is 6.54 Å². The highest BCUT2D eigenvalue weighted by Gasteiger charge is 2.36. The van der Waals surface area contributed by atoms with E-state index in [-0.39, 0.29) is 13.0 Å². The number of carbonyl (C=O) groups is 2. The summed E-state index contributed by atoms with van der Waals surface area (Å²) in [6.07, 6.45) is 0.198. The first-order valence-corrected chi connectivity index (χ1v) is 5.25. The molecule has 0 radical (unpaired) electrons. The third-order valence-electron chi connectivity index (χ3n) is 2.46. The van der Waals surface area contributed by atoms with E-state index < -0.39 is 18.4 Å². The molecular formula is C11H9ClFNO2. The number of para-hydroxylation sites is 1. The second-order valence-corrected chi connectivity index (χ2v) is 3.87. The molecule has 1 aromatic carbocycles. The van der Waals surface area contributed by atoms with E-state index in [1.54, 1.807) is 18.2 Å². The van der Waals surface area contributed by atoms with Gasteiger partial charge in [-0.15, -0.1) is 0 Å². The number of hydrogen-bond donors (Lipinski definition) is 0. The van der Waals surface area contributed by atoms with Crippen molar-refractivity contribution in [3.05, 3.63) is 28.8 Å². The first kappa shape index (κ1) is 11.1. The molecular weight excluding hydrogens is 233 g/mol. The minimum absolute atomic E-state index is 0.178. The van der Waals surface area contributed by atoms with Crippen LogP contribution in [0.3, 0.4) is 0 Å². The smallest absolute Gasteiger partial charge is 0.299 e. The number of benzene rings is 1. The summed E-state index contributed by atoms with van der Waals surface area (Å²) in [5.41, 5.74) is 0.712. The second-order valence-electron chi connectivity index (χ2n) is 3.46. The Hall–Kier alpha value is -1.42. The van der Waals surface area contributed by atoms with Gasteiger partial charge in [0.25, 0.3) is 11.7 Å². The van der Waals surface area contributed by atoms with E-state index in [9.17, 15) is 14.0 Å². The minimum Gasteiger partial charge on any atom is -0.303 e. The molecule has 1 amide bonds. The topological polar surface area (TPSA) is 37.4 Å². The van der Waals surface area contributed by atoms with Crippen LogP contribution in [0.4, 0.5) is 10.1 Å². The van der Waals surface area contributed by atoms with Gasteiger partial charge in [-0.3, -0.25) is 14.0 Å². The van der Waals surface area contributed by atoms with Gasteiger partial charge in [0.1, 0.15) is 0 Å². The van der Waals surface area contributed by atoms with Gasteiger partial charge in [-0.05, 0) is 18.6 Å². The van der Waals surface area contributed by atoms with Gasteiger partial charge in [-0.1, -0.05) is 17.7 Å². The minimum atomic E-state index is -0.628. The number of fused-ring (bicyclic) bond motifs is 1. The first-order valence-electron chi connectivity index (χ1n) is 4.87. The lowest BCUT2D eigenvalue weighted by Gasteiger charge is -2.16. The molecule has 3 nitrogen and oxygen atoms in total. The Bertz CT molecular complexity index is 461.